The van der Waals surface area contributed by atoms with E-state index in [4.69, 9.17) is 0 Å². The predicted octanol–water partition coefficient (Wildman–Crippen LogP) is 1.01. The highest BCUT2D eigenvalue weighted by molar-refractivity contribution is 5.94. The number of hydrogen-bond donors (Lipinski definition) is 2. The van der Waals surface area contributed by atoms with Crippen LogP contribution in [-0.2, 0) is 0 Å². The number of aromatic nitrogens is 3. The Labute approximate surface area is 117 Å². The van der Waals surface area contributed by atoms with E-state index in [0.717, 1.165) is 0 Å². The highest BCUT2D eigenvalue weighted by Crippen LogP contribution is 2.07. The smallest absolute Gasteiger partial charge is 0.253 e. The Balaban J connectivity index is 2.08. The minimum absolute atomic E-state index is 0.0794. The number of aliphatic hydroxyl groups excluding tert-OH is 1. The van der Waals surface area contributed by atoms with Crippen molar-refractivity contribution in [1.29, 1.82) is 0 Å². The number of pyridine rings is 1. The van der Waals surface area contributed by atoms with Crippen molar-refractivity contribution in [2.24, 2.45) is 5.92 Å². The molecule has 1 atom stereocenters. The van der Waals surface area contributed by atoms with Gasteiger partial charge in [-0.3, -0.25) is 9.36 Å². The van der Waals surface area contributed by atoms with Crippen molar-refractivity contribution in [3.05, 3.63) is 42.6 Å². The minimum atomic E-state index is -0.254. The van der Waals surface area contributed by atoms with E-state index in [1.165, 1.54) is 6.20 Å². The quantitative estimate of drug-likeness (QED) is 0.853. The van der Waals surface area contributed by atoms with E-state index in [1.54, 1.807) is 35.4 Å². The van der Waals surface area contributed by atoms with Gasteiger partial charge in [-0.25, -0.2) is 9.97 Å². The average Bonchev–Trinajstić information content (AvgIpc) is 2.98. The van der Waals surface area contributed by atoms with E-state index in [2.05, 4.69) is 15.3 Å². The molecule has 0 aliphatic rings. The summed E-state index contributed by atoms with van der Waals surface area (Å²) in [6.07, 6.45) is 6.60. The zero-order valence-electron chi connectivity index (χ0n) is 11.5. The predicted molar refractivity (Wildman–Crippen MR) is 74.5 cm³/mol. The van der Waals surface area contributed by atoms with Crippen LogP contribution in [0, 0.1) is 5.92 Å². The summed E-state index contributed by atoms with van der Waals surface area (Å²) in [5, 5.41) is 12.0. The third-order valence-electron chi connectivity index (χ3n) is 3.10. The summed E-state index contributed by atoms with van der Waals surface area (Å²) in [7, 11) is 0. The van der Waals surface area contributed by atoms with Crippen molar-refractivity contribution < 1.29 is 9.90 Å². The van der Waals surface area contributed by atoms with Crippen molar-refractivity contribution >= 4 is 5.91 Å². The van der Waals surface area contributed by atoms with Crippen LogP contribution in [0.15, 0.2) is 37.1 Å². The number of carbonyl (C=O) groups excluding carboxylic acids is 1. The number of aliphatic hydroxyl groups is 1. The molecule has 0 saturated carbocycles. The Morgan fingerprint density at radius 3 is 2.75 bits per heavy atom. The second-order valence-corrected chi connectivity index (χ2v) is 4.88. The lowest BCUT2D eigenvalue weighted by Crippen LogP contribution is -2.41. The van der Waals surface area contributed by atoms with Gasteiger partial charge >= 0.3 is 0 Å². The fourth-order valence-corrected chi connectivity index (χ4v) is 1.74. The summed E-state index contributed by atoms with van der Waals surface area (Å²) in [6.45, 7) is 3.81. The van der Waals surface area contributed by atoms with E-state index >= 15 is 0 Å². The number of carbonyl (C=O) groups is 1. The molecule has 0 unspecified atom stereocenters. The molecule has 0 aliphatic carbocycles. The first-order chi connectivity index (χ1) is 9.61. The molecular weight excluding hydrogens is 256 g/mol. The molecule has 2 N–H and O–H groups in total. The first-order valence-electron chi connectivity index (χ1n) is 6.48. The maximum absolute atomic E-state index is 12.0. The van der Waals surface area contributed by atoms with Gasteiger partial charge in [0.2, 0.25) is 0 Å². The molecule has 2 aromatic heterocycles. The Morgan fingerprint density at radius 1 is 1.45 bits per heavy atom. The van der Waals surface area contributed by atoms with Crippen LogP contribution in [-0.4, -0.2) is 38.2 Å². The molecule has 0 aromatic carbocycles. The molecule has 6 heteroatoms. The summed E-state index contributed by atoms with van der Waals surface area (Å²) in [5.41, 5.74) is 0.466. The molecule has 106 valence electrons. The molecule has 2 heterocycles. The van der Waals surface area contributed by atoms with Crippen LogP contribution in [0.3, 0.4) is 0 Å². The Hall–Kier alpha value is -2.21. The van der Waals surface area contributed by atoms with Crippen LogP contribution in [0.5, 0.6) is 0 Å². The standard InChI is InChI=1S/C14H18N4O2/c1-10(2)12(8-19)17-14(20)11-3-4-13(16-7-11)18-6-5-15-9-18/h3-7,9-10,12,19H,8H2,1-2H3,(H,17,20)/t12-/m1/s1. The molecule has 20 heavy (non-hydrogen) atoms. The third kappa shape index (κ3) is 3.21. The van der Waals surface area contributed by atoms with E-state index in [-0.39, 0.29) is 24.5 Å². The molecule has 0 saturated heterocycles. The van der Waals surface area contributed by atoms with Crippen molar-refractivity contribution in [3.8, 4) is 5.82 Å². The summed E-state index contributed by atoms with van der Waals surface area (Å²) in [4.78, 5) is 20.2. The second kappa shape index (κ2) is 6.29. The summed E-state index contributed by atoms with van der Waals surface area (Å²) in [5.74, 6) is 0.631. The van der Waals surface area contributed by atoms with E-state index in [1.807, 2.05) is 13.8 Å². The highest BCUT2D eigenvalue weighted by atomic mass is 16.3. The van der Waals surface area contributed by atoms with Crippen LogP contribution in [0.25, 0.3) is 5.82 Å². The van der Waals surface area contributed by atoms with Gasteiger partial charge in [-0.05, 0) is 18.1 Å². The van der Waals surface area contributed by atoms with E-state index in [0.29, 0.717) is 11.4 Å². The Morgan fingerprint density at radius 2 is 2.25 bits per heavy atom. The van der Waals surface area contributed by atoms with Crippen LogP contribution in [0.1, 0.15) is 24.2 Å². The zero-order chi connectivity index (χ0) is 14.5. The largest absolute Gasteiger partial charge is 0.394 e. The number of hydrogen-bond acceptors (Lipinski definition) is 4. The lowest BCUT2D eigenvalue weighted by atomic mass is 10.1. The molecule has 0 radical (unpaired) electrons. The zero-order valence-corrected chi connectivity index (χ0v) is 11.5. The first-order valence-corrected chi connectivity index (χ1v) is 6.48. The van der Waals surface area contributed by atoms with Crippen LogP contribution < -0.4 is 5.32 Å². The Bertz CT molecular complexity index is 549. The molecule has 6 nitrogen and oxygen atoms in total. The highest BCUT2D eigenvalue weighted by Gasteiger charge is 2.16. The van der Waals surface area contributed by atoms with Gasteiger partial charge in [0.25, 0.3) is 5.91 Å². The molecule has 2 rings (SSSR count). The van der Waals surface area contributed by atoms with Crippen LogP contribution in [0.2, 0.25) is 0 Å². The topological polar surface area (TPSA) is 80.0 Å². The molecule has 2 aromatic rings. The van der Waals surface area contributed by atoms with Gasteiger partial charge in [-0.2, -0.15) is 0 Å². The van der Waals surface area contributed by atoms with Crippen molar-refractivity contribution in [2.75, 3.05) is 6.61 Å². The Kier molecular flexibility index (Phi) is 4.47. The van der Waals surface area contributed by atoms with Crippen molar-refractivity contribution in [1.82, 2.24) is 19.9 Å². The SMILES string of the molecule is CC(C)[C@@H](CO)NC(=O)c1ccc(-n2ccnc2)nc1. The molecule has 0 spiro atoms. The van der Waals surface area contributed by atoms with Gasteiger partial charge in [0.05, 0.1) is 18.2 Å². The van der Waals surface area contributed by atoms with Crippen molar-refractivity contribution in [3.63, 3.8) is 0 Å². The maximum atomic E-state index is 12.0. The summed E-state index contributed by atoms with van der Waals surface area (Å²) in [6, 6.07) is 3.20. The van der Waals surface area contributed by atoms with Gasteiger partial charge in [0.1, 0.15) is 12.1 Å². The lowest BCUT2D eigenvalue weighted by Gasteiger charge is -2.19. The molecule has 1 amide bonds. The van der Waals surface area contributed by atoms with Crippen LogP contribution in [0.4, 0.5) is 0 Å². The van der Waals surface area contributed by atoms with Gasteiger partial charge in [-0.1, -0.05) is 13.8 Å². The van der Waals surface area contributed by atoms with E-state index in [9.17, 15) is 9.90 Å². The van der Waals surface area contributed by atoms with Gasteiger partial charge < -0.3 is 10.4 Å². The molecular formula is C14H18N4O2. The second-order valence-electron chi connectivity index (χ2n) is 4.88. The molecule has 0 aliphatic heterocycles. The molecule has 0 bridgehead atoms. The number of imidazole rings is 1. The fraction of sp³-hybridized carbons (Fsp3) is 0.357. The van der Waals surface area contributed by atoms with E-state index < -0.39 is 0 Å². The van der Waals surface area contributed by atoms with Crippen molar-refractivity contribution in [2.45, 2.75) is 19.9 Å². The number of nitrogens with one attached hydrogen (secondary N) is 1. The third-order valence-corrected chi connectivity index (χ3v) is 3.10. The number of amides is 1. The normalized spacial score (nSPS) is 12.4. The first kappa shape index (κ1) is 14.2. The van der Waals surface area contributed by atoms with Gasteiger partial charge in [0.15, 0.2) is 0 Å². The summed E-state index contributed by atoms with van der Waals surface area (Å²) < 4.78 is 1.76. The minimum Gasteiger partial charge on any atom is -0.394 e. The van der Waals surface area contributed by atoms with Gasteiger partial charge in [-0.15, -0.1) is 0 Å². The number of nitrogens with zero attached hydrogens (tertiary/aromatic N) is 3. The monoisotopic (exact) mass is 274 g/mol. The summed E-state index contributed by atoms with van der Waals surface area (Å²) >= 11 is 0. The van der Waals surface area contributed by atoms with Gasteiger partial charge in [0, 0.05) is 18.6 Å². The molecule has 0 fully saturated rings. The maximum Gasteiger partial charge on any atom is 0.253 e. The average molecular weight is 274 g/mol. The number of rotatable bonds is 5. The lowest BCUT2D eigenvalue weighted by molar-refractivity contribution is 0.0896. The fourth-order valence-electron chi connectivity index (χ4n) is 1.74. The van der Waals surface area contributed by atoms with Crippen LogP contribution >= 0.6 is 0 Å².